The molecule has 0 aliphatic carbocycles. The molecule has 2 aromatic rings. The summed E-state index contributed by atoms with van der Waals surface area (Å²) < 4.78 is 2.46. The first kappa shape index (κ1) is 13.8. The molecule has 0 bridgehead atoms. The van der Waals surface area contributed by atoms with Gasteiger partial charge in [-0.15, -0.1) is 23.7 Å². The number of hydrogen-bond acceptors (Lipinski definition) is 4. The summed E-state index contributed by atoms with van der Waals surface area (Å²) in [6.45, 7) is 1.10. The second-order valence-electron chi connectivity index (χ2n) is 3.60. The second kappa shape index (κ2) is 6.45. The molecule has 0 unspecified atom stereocenters. The maximum absolute atomic E-state index is 4.57. The normalized spacial score (nSPS) is 10.7. The molecule has 88 valence electrons. The summed E-state index contributed by atoms with van der Waals surface area (Å²) in [5, 5.41) is 0. The standard InChI is InChI=1S/C11H14N2S2.ClH/c1-13(2)7-8-14-11-12-9-5-3-4-6-10(9)15-11;/h3-6H,7-8H2,1-2H3;1H. The minimum Gasteiger partial charge on any atom is -0.309 e. The van der Waals surface area contributed by atoms with Crippen LogP contribution < -0.4 is 0 Å². The molecule has 0 N–H and O–H groups in total. The molecule has 16 heavy (non-hydrogen) atoms. The van der Waals surface area contributed by atoms with Crippen LogP contribution in [0.1, 0.15) is 0 Å². The van der Waals surface area contributed by atoms with Crippen LogP contribution >= 0.6 is 35.5 Å². The van der Waals surface area contributed by atoms with Crippen LogP contribution in [0.25, 0.3) is 10.2 Å². The molecule has 2 rings (SSSR count). The number of thioether (sulfide) groups is 1. The van der Waals surface area contributed by atoms with Crippen molar-refractivity contribution in [2.24, 2.45) is 0 Å². The first-order valence-electron chi connectivity index (χ1n) is 4.89. The van der Waals surface area contributed by atoms with E-state index in [4.69, 9.17) is 0 Å². The molecule has 0 spiro atoms. The van der Waals surface area contributed by atoms with Gasteiger partial charge in [-0.1, -0.05) is 23.9 Å². The summed E-state index contributed by atoms with van der Waals surface area (Å²) in [5.74, 6) is 1.10. The summed E-state index contributed by atoms with van der Waals surface area (Å²) in [6.07, 6.45) is 0. The zero-order valence-electron chi connectivity index (χ0n) is 9.34. The molecule has 1 aromatic carbocycles. The van der Waals surface area contributed by atoms with Crippen molar-refractivity contribution >= 4 is 45.7 Å². The monoisotopic (exact) mass is 274 g/mol. The largest absolute Gasteiger partial charge is 0.309 e. The molecule has 0 fully saturated rings. The van der Waals surface area contributed by atoms with E-state index >= 15 is 0 Å². The van der Waals surface area contributed by atoms with E-state index in [2.05, 4.69) is 42.2 Å². The topological polar surface area (TPSA) is 16.1 Å². The van der Waals surface area contributed by atoms with E-state index in [0.717, 1.165) is 17.8 Å². The van der Waals surface area contributed by atoms with Crippen LogP contribution in [0.15, 0.2) is 28.6 Å². The third-order valence-electron chi connectivity index (χ3n) is 2.04. The van der Waals surface area contributed by atoms with Crippen LogP contribution in [0.4, 0.5) is 0 Å². The highest BCUT2D eigenvalue weighted by Gasteiger charge is 2.03. The van der Waals surface area contributed by atoms with Crippen molar-refractivity contribution in [3.05, 3.63) is 24.3 Å². The number of thiazole rings is 1. The van der Waals surface area contributed by atoms with Crippen LogP contribution in [0, 0.1) is 0 Å². The van der Waals surface area contributed by atoms with E-state index in [1.54, 1.807) is 11.3 Å². The van der Waals surface area contributed by atoms with Gasteiger partial charge in [0.25, 0.3) is 0 Å². The van der Waals surface area contributed by atoms with Crippen molar-refractivity contribution in [1.82, 2.24) is 9.88 Å². The van der Waals surface area contributed by atoms with Crippen LogP contribution in [-0.2, 0) is 0 Å². The number of nitrogens with zero attached hydrogens (tertiary/aromatic N) is 2. The van der Waals surface area contributed by atoms with Gasteiger partial charge in [-0.25, -0.2) is 4.98 Å². The van der Waals surface area contributed by atoms with Crippen LogP contribution in [-0.4, -0.2) is 36.3 Å². The highest BCUT2D eigenvalue weighted by molar-refractivity contribution is 8.01. The predicted molar refractivity (Wildman–Crippen MR) is 76.1 cm³/mol. The Hall–Kier alpha value is -0.290. The Kier molecular flexibility index (Phi) is 5.55. The Morgan fingerprint density at radius 3 is 2.75 bits per heavy atom. The van der Waals surface area contributed by atoms with Crippen molar-refractivity contribution in [3.63, 3.8) is 0 Å². The van der Waals surface area contributed by atoms with Gasteiger partial charge in [-0.2, -0.15) is 0 Å². The number of aromatic nitrogens is 1. The summed E-state index contributed by atoms with van der Waals surface area (Å²) >= 11 is 3.62. The van der Waals surface area contributed by atoms with Crippen molar-refractivity contribution in [3.8, 4) is 0 Å². The molecule has 2 nitrogen and oxygen atoms in total. The van der Waals surface area contributed by atoms with Gasteiger partial charge in [0.15, 0.2) is 4.34 Å². The lowest BCUT2D eigenvalue weighted by molar-refractivity contribution is 0.437. The Balaban J connectivity index is 0.00000128. The summed E-state index contributed by atoms with van der Waals surface area (Å²) in [4.78, 5) is 6.77. The number of fused-ring (bicyclic) bond motifs is 1. The SMILES string of the molecule is CN(C)CCSc1nc2ccccc2s1.Cl. The smallest absolute Gasteiger partial charge is 0.151 e. The number of rotatable bonds is 4. The van der Waals surface area contributed by atoms with Gasteiger partial charge in [-0.3, -0.25) is 0 Å². The maximum atomic E-state index is 4.57. The quantitative estimate of drug-likeness (QED) is 0.796. The van der Waals surface area contributed by atoms with E-state index in [-0.39, 0.29) is 12.4 Å². The minimum atomic E-state index is 0. The highest BCUT2D eigenvalue weighted by atomic mass is 35.5. The lowest BCUT2D eigenvalue weighted by Gasteiger charge is -2.06. The Morgan fingerprint density at radius 1 is 1.31 bits per heavy atom. The zero-order valence-corrected chi connectivity index (χ0v) is 11.8. The molecule has 0 aliphatic rings. The van der Waals surface area contributed by atoms with Gasteiger partial charge in [0.2, 0.25) is 0 Å². The van der Waals surface area contributed by atoms with Crippen LogP contribution in [0.5, 0.6) is 0 Å². The van der Waals surface area contributed by atoms with E-state index in [1.807, 2.05) is 17.8 Å². The number of hydrogen-bond donors (Lipinski definition) is 0. The van der Waals surface area contributed by atoms with Crippen molar-refractivity contribution < 1.29 is 0 Å². The lowest BCUT2D eigenvalue weighted by atomic mass is 10.3. The summed E-state index contributed by atoms with van der Waals surface area (Å²) in [6, 6.07) is 8.30. The first-order valence-corrected chi connectivity index (χ1v) is 6.69. The van der Waals surface area contributed by atoms with Gasteiger partial charge in [0, 0.05) is 12.3 Å². The highest BCUT2D eigenvalue weighted by Crippen LogP contribution is 2.28. The summed E-state index contributed by atoms with van der Waals surface area (Å²) in [7, 11) is 4.19. The molecule has 0 saturated carbocycles. The fraction of sp³-hybridized carbons (Fsp3) is 0.364. The van der Waals surface area contributed by atoms with E-state index in [9.17, 15) is 0 Å². The third kappa shape index (κ3) is 3.63. The van der Waals surface area contributed by atoms with E-state index < -0.39 is 0 Å². The number of benzene rings is 1. The Morgan fingerprint density at radius 2 is 2.06 bits per heavy atom. The Bertz CT molecular complexity index is 409. The molecular weight excluding hydrogens is 260 g/mol. The van der Waals surface area contributed by atoms with Gasteiger partial charge >= 0.3 is 0 Å². The van der Waals surface area contributed by atoms with Gasteiger partial charge in [0.05, 0.1) is 10.2 Å². The molecule has 0 saturated heterocycles. The Labute approximate surface area is 110 Å². The third-order valence-corrected chi connectivity index (χ3v) is 4.20. The fourth-order valence-electron chi connectivity index (χ4n) is 1.23. The van der Waals surface area contributed by atoms with E-state index in [1.165, 1.54) is 9.04 Å². The van der Waals surface area contributed by atoms with Crippen LogP contribution in [0.3, 0.4) is 0 Å². The molecule has 0 radical (unpaired) electrons. The fourth-order valence-corrected chi connectivity index (χ4v) is 3.47. The minimum absolute atomic E-state index is 0. The van der Waals surface area contributed by atoms with Gasteiger partial charge < -0.3 is 4.90 Å². The van der Waals surface area contributed by atoms with E-state index in [0.29, 0.717) is 0 Å². The molecule has 0 atom stereocenters. The second-order valence-corrected chi connectivity index (χ2v) is 5.97. The molecular formula is C11H15ClN2S2. The van der Waals surface area contributed by atoms with Crippen molar-refractivity contribution in [2.45, 2.75) is 4.34 Å². The molecule has 1 aromatic heterocycles. The van der Waals surface area contributed by atoms with Crippen LogP contribution in [0.2, 0.25) is 0 Å². The molecule has 0 amide bonds. The van der Waals surface area contributed by atoms with Gasteiger partial charge in [-0.05, 0) is 26.2 Å². The molecule has 1 heterocycles. The lowest BCUT2D eigenvalue weighted by Crippen LogP contribution is -2.14. The summed E-state index contributed by atoms with van der Waals surface area (Å²) in [5.41, 5.74) is 1.12. The predicted octanol–water partition coefficient (Wildman–Crippen LogP) is 3.37. The maximum Gasteiger partial charge on any atom is 0.151 e. The average Bonchev–Trinajstić information content (AvgIpc) is 2.59. The van der Waals surface area contributed by atoms with Crippen molar-refractivity contribution in [1.29, 1.82) is 0 Å². The van der Waals surface area contributed by atoms with Gasteiger partial charge in [0.1, 0.15) is 0 Å². The molecule has 0 aliphatic heterocycles. The number of para-hydroxylation sites is 1. The zero-order chi connectivity index (χ0) is 10.7. The number of halogens is 1. The first-order chi connectivity index (χ1) is 7.25. The van der Waals surface area contributed by atoms with Crippen molar-refractivity contribution in [2.75, 3.05) is 26.4 Å². The average molecular weight is 275 g/mol. The molecule has 5 heteroatoms.